The van der Waals surface area contributed by atoms with Crippen LogP contribution in [0.4, 0.5) is 13.2 Å². The van der Waals surface area contributed by atoms with Gasteiger partial charge in [-0.15, -0.1) is 5.10 Å². The van der Waals surface area contributed by atoms with Gasteiger partial charge in [-0.1, -0.05) is 5.21 Å². The van der Waals surface area contributed by atoms with E-state index in [1.807, 2.05) is 0 Å². The summed E-state index contributed by atoms with van der Waals surface area (Å²) in [5.74, 6) is 0. The summed E-state index contributed by atoms with van der Waals surface area (Å²) in [7, 11) is 0. The lowest BCUT2D eigenvalue weighted by Gasteiger charge is -2.14. The van der Waals surface area contributed by atoms with E-state index in [2.05, 4.69) is 15.6 Å². The summed E-state index contributed by atoms with van der Waals surface area (Å²) in [6, 6.07) is 0. The zero-order chi connectivity index (χ0) is 12.0. The van der Waals surface area contributed by atoms with Crippen LogP contribution in [0.25, 0.3) is 0 Å². The molecule has 0 spiro atoms. The van der Waals surface area contributed by atoms with Crippen LogP contribution in [-0.2, 0) is 6.54 Å². The molecule has 1 unspecified atom stereocenters. The molecule has 0 saturated carbocycles. The molecule has 0 saturated heterocycles. The lowest BCUT2D eigenvalue weighted by molar-refractivity contribution is -0.201. The van der Waals surface area contributed by atoms with Gasteiger partial charge in [-0.25, -0.2) is 0 Å². The van der Waals surface area contributed by atoms with E-state index in [9.17, 15) is 13.2 Å². The molecule has 1 aromatic rings. The summed E-state index contributed by atoms with van der Waals surface area (Å²) in [5, 5.41) is 18.5. The first-order valence-electron chi connectivity index (χ1n) is 4.80. The highest BCUT2D eigenvalue weighted by molar-refractivity contribution is 4.68. The van der Waals surface area contributed by atoms with Crippen molar-refractivity contribution in [1.82, 2.24) is 20.3 Å². The minimum Gasteiger partial charge on any atom is -0.382 e. The third kappa shape index (κ3) is 4.58. The van der Waals surface area contributed by atoms with Crippen molar-refractivity contribution in [2.75, 3.05) is 13.1 Å². The van der Waals surface area contributed by atoms with E-state index < -0.39 is 18.8 Å². The molecule has 0 radical (unpaired) electrons. The van der Waals surface area contributed by atoms with Crippen LogP contribution < -0.4 is 5.32 Å². The highest BCUT2D eigenvalue weighted by atomic mass is 19.4. The van der Waals surface area contributed by atoms with Gasteiger partial charge in [0.2, 0.25) is 0 Å². The fourth-order valence-corrected chi connectivity index (χ4v) is 1.07. The van der Waals surface area contributed by atoms with E-state index in [-0.39, 0.29) is 0 Å². The number of alkyl halides is 3. The molecule has 2 N–H and O–H groups in total. The summed E-state index contributed by atoms with van der Waals surface area (Å²) in [4.78, 5) is 0. The number of aliphatic hydroxyl groups is 1. The molecular formula is C8H13F3N4O. The first-order valence-corrected chi connectivity index (χ1v) is 4.80. The number of hydrogen-bond donors (Lipinski definition) is 2. The lowest BCUT2D eigenvalue weighted by Crippen LogP contribution is -2.38. The van der Waals surface area contributed by atoms with Crippen LogP contribution in [0.2, 0.25) is 0 Å². The number of rotatable bonds is 6. The molecule has 5 nitrogen and oxygen atoms in total. The minimum atomic E-state index is -4.56. The molecule has 1 rings (SSSR count). The Hall–Kier alpha value is -1.15. The van der Waals surface area contributed by atoms with Crippen molar-refractivity contribution in [3.8, 4) is 0 Å². The third-order valence-corrected chi connectivity index (χ3v) is 1.93. The van der Waals surface area contributed by atoms with Gasteiger partial charge in [-0.3, -0.25) is 4.68 Å². The molecule has 1 heterocycles. The molecule has 0 aliphatic carbocycles. The lowest BCUT2D eigenvalue weighted by atomic mass is 10.3. The van der Waals surface area contributed by atoms with Crippen LogP contribution in [0.15, 0.2) is 12.4 Å². The van der Waals surface area contributed by atoms with Crippen molar-refractivity contribution >= 4 is 0 Å². The van der Waals surface area contributed by atoms with Crippen molar-refractivity contribution < 1.29 is 18.3 Å². The molecule has 0 amide bonds. The number of nitrogens with one attached hydrogen (secondary N) is 1. The second-order valence-electron chi connectivity index (χ2n) is 3.28. The predicted octanol–water partition coefficient (Wildman–Crippen LogP) is 0.181. The van der Waals surface area contributed by atoms with Gasteiger partial charge in [-0.2, -0.15) is 13.2 Å². The minimum absolute atomic E-state index is 0.382. The molecule has 92 valence electrons. The largest absolute Gasteiger partial charge is 0.415 e. The molecule has 0 aromatic carbocycles. The molecule has 0 aliphatic rings. The van der Waals surface area contributed by atoms with Crippen LogP contribution in [0.1, 0.15) is 6.42 Å². The van der Waals surface area contributed by atoms with Gasteiger partial charge in [0.05, 0.1) is 6.20 Å². The fraction of sp³-hybridized carbons (Fsp3) is 0.750. The van der Waals surface area contributed by atoms with Gasteiger partial charge in [0, 0.05) is 19.3 Å². The molecule has 1 atom stereocenters. The van der Waals surface area contributed by atoms with Crippen LogP contribution in [0.5, 0.6) is 0 Å². The van der Waals surface area contributed by atoms with Crippen LogP contribution in [0.3, 0.4) is 0 Å². The Bertz CT molecular complexity index is 288. The quantitative estimate of drug-likeness (QED) is 0.694. The Kier molecular flexibility index (Phi) is 4.69. The number of aryl methyl sites for hydroxylation is 1. The Morgan fingerprint density at radius 3 is 2.75 bits per heavy atom. The van der Waals surface area contributed by atoms with Gasteiger partial charge < -0.3 is 10.4 Å². The number of halogens is 3. The first kappa shape index (κ1) is 12.9. The normalized spacial score (nSPS) is 14.0. The summed E-state index contributed by atoms with van der Waals surface area (Å²) in [6.07, 6.45) is -3.04. The van der Waals surface area contributed by atoms with Gasteiger partial charge in [0.25, 0.3) is 0 Å². The highest BCUT2D eigenvalue weighted by Crippen LogP contribution is 2.18. The maximum atomic E-state index is 11.9. The Balaban J connectivity index is 2.04. The molecule has 0 bridgehead atoms. The maximum absolute atomic E-state index is 11.9. The number of nitrogens with zero attached hydrogens (tertiary/aromatic N) is 3. The van der Waals surface area contributed by atoms with Crippen LogP contribution in [0, 0.1) is 0 Å². The van der Waals surface area contributed by atoms with Crippen molar-refractivity contribution in [2.24, 2.45) is 0 Å². The fourth-order valence-electron chi connectivity index (χ4n) is 1.07. The zero-order valence-electron chi connectivity index (χ0n) is 8.48. The first-order chi connectivity index (χ1) is 7.50. The maximum Gasteiger partial charge on any atom is 0.415 e. The monoisotopic (exact) mass is 238 g/mol. The van der Waals surface area contributed by atoms with Crippen molar-refractivity contribution in [1.29, 1.82) is 0 Å². The van der Waals surface area contributed by atoms with Crippen molar-refractivity contribution in [2.45, 2.75) is 25.2 Å². The van der Waals surface area contributed by atoms with E-state index in [1.165, 1.54) is 6.20 Å². The smallest absolute Gasteiger partial charge is 0.382 e. The molecule has 0 fully saturated rings. The number of aromatic nitrogens is 3. The summed E-state index contributed by atoms with van der Waals surface area (Å²) >= 11 is 0. The average Bonchev–Trinajstić information content (AvgIpc) is 2.68. The van der Waals surface area contributed by atoms with E-state index in [0.717, 1.165) is 0 Å². The molecular weight excluding hydrogens is 225 g/mol. The average molecular weight is 238 g/mol. The topological polar surface area (TPSA) is 63.0 Å². The second kappa shape index (κ2) is 5.80. The SMILES string of the molecule is OC(CNCCCn1ccnn1)C(F)(F)F. The van der Waals surface area contributed by atoms with Crippen molar-refractivity contribution in [3.05, 3.63) is 12.4 Å². The number of aliphatic hydroxyl groups excluding tert-OH is 1. The third-order valence-electron chi connectivity index (χ3n) is 1.93. The summed E-state index contributed by atoms with van der Waals surface area (Å²) in [5.41, 5.74) is 0. The zero-order valence-corrected chi connectivity index (χ0v) is 8.48. The van der Waals surface area contributed by atoms with Gasteiger partial charge >= 0.3 is 6.18 Å². The van der Waals surface area contributed by atoms with Crippen LogP contribution in [-0.4, -0.2) is 45.5 Å². The van der Waals surface area contributed by atoms with E-state index in [0.29, 0.717) is 19.5 Å². The van der Waals surface area contributed by atoms with E-state index in [4.69, 9.17) is 5.11 Å². The molecule has 1 aromatic heterocycles. The number of hydrogen-bond acceptors (Lipinski definition) is 4. The Labute approximate surface area is 90.3 Å². The standard InChI is InChI=1S/C8H13F3N4O/c9-8(10,11)7(16)6-12-2-1-4-15-5-3-13-14-15/h3,5,7,12,16H,1-2,4,6H2. The Morgan fingerprint density at radius 2 is 2.19 bits per heavy atom. The summed E-state index contributed by atoms with van der Waals surface area (Å²) < 4.78 is 37.2. The molecule has 8 heteroatoms. The van der Waals surface area contributed by atoms with Crippen molar-refractivity contribution in [3.63, 3.8) is 0 Å². The molecule has 16 heavy (non-hydrogen) atoms. The highest BCUT2D eigenvalue weighted by Gasteiger charge is 2.37. The van der Waals surface area contributed by atoms with Gasteiger partial charge in [0.15, 0.2) is 6.10 Å². The summed E-state index contributed by atoms with van der Waals surface area (Å²) in [6.45, 7) is 0.475. The van der Waals surface area contributed by atoms with Crippen LogP contribution >= 0.6 is 0 Å². The second-order valence-corrected chi connectivity index (χ2v) is 3.28. The van der Waals surface area contributed by atoms with Gasteiger partial charge in [-0.05, 0) is 13.0 Å². The van der Waals surface area contributed by atoms with E-state index >= 15 is 0 Å². The van der Waals surface area contributed by atoms with Gasteiger partial charge in [0.1, 0.15) is 0 Å². The van der Waals surface area contributed by atoms with E-state index in [1.54, 1.807) is 10.9 Å². The predicted molar refractivity (Wildman–Crippen MR) is 49.6 cm³/mol. The Morgan fingerprint density at radius 1 is 1.44 bits per heavy atom. The molecule has 0 aliphatic heterocycles.